The molecule has 0 aromatic rings. The molecule has 0 amide bonds. The average molecular weight is 380 g/mol. The summed E-state index contributed by atoms with van der Waals surface area (Å²) in [4.78, 5) is 64.0. The first-order chi connectivity index (χ1) is 12.2. The number of Topliss-reactive ketones (excluding diaryl/α,β-unsaturated/α-hetero) is 4. The van der Waals surface area contributed by atoms with Crippen molar-refractivity contribution in [1.29, 1.82) is 0 Å². The molecule has 0 N–H and O–H groups in total. The van der Waals surface area contributed by atoms with Crippen LogP contribution >= 0.6 is 0 Å². The maximum absolute atomic E-state index is 13.4. The van der Waals surface area contributed by atoms with Crippen molar-refractivity contribution in [3.05, 3.63) is 0 Å². The number of ketones is 4. The summed E-state index contributed by atoms with van der Waals surface area (Å²) in [6, 6.07) is 0. The number of hydrogen-bond donors (Lipinski definition) is 0. The van der Waals surface area contributed by atoms with E-state index >= 15 is 0 Å². The number of hydrogen-bond acceptors (Lipinski definition) is 5. The molecule has 0 saturated carbocycles. The predicted octanol–water partition coefficient (Wildman–Crippen LogP) is 3.77. The maximum atomic E-state index is 13.4. The van der Waals surface area contributed by atoms with E-state index in [2.05, 4.69) is 0 Å². The second-order valence-electron chi connectivity index (χ2n) is 8.97. The Balaban J connectivity index is 6.85. The smallest absolute Gasteiger partial charge is 0.206 e. The van der Waals surface area contributed by atoms with Crippen molar-refractivity contribution in [2.75, 3.05) is 0 Å². The molecule has 0 aromatic heterocycles. The lowest BCUT2D eigenvalue weighted by molar-refractivity contribution is -0.156. The van der Waals surface area contributed by atoms with Gasteiger partial charge < -0.3 is 0 Å². The summed E-state index contributed by atoms with van der Waals surface area (Å²) in [5, 5.41) is 0. The lowest BCUT2D eigenvalue weighted by Gasteiger charge is -2.44. The molecular weight excluding hydrogens is 344 g/mol. The topological polar surface area (TPSA) is 85.3 Å². The van der Waals surface area contributed by atoms with Gasteiger partial charge in [0.1, 0.15) is 28.5 Å². The third-order valence-corrected chi connectivity index (χ3v) is 5.31. The molecular formula is C22H35O5. The molecule has 0 aliphatic carbocycles. The van der Waals surface area contributed by atoms with Gasteiger partial charge in [-0.3, -0.25) is 24.0 Å². The quantitative estimate of drug-likeness (QED) is 0.482. The second kappa shape index (κ2) is 9.52. The first kappa shape index (κ1) is 25.4. The van der Waals surface area contributed by atoms with Crippen LogP contribution in [0.3, 0.4) is 0 Å². The third-order valence-electron chi connectivity index (χ3n) is 5.31. The van der Waals surface area contributed by atoms with E-state index < -0.39 is 40.2 Å². The molecule has 27 heavy (non-hydrogen) atoms. The lowest BCUT2D eigenvalue weighted by atomic mass is 9.53. The molecule has 0 aromatic carbocycles. The van der Waals surface area contributed by atoms with Gasteiger partial charge in [-0.05, 0) is 0 Å². The van der Waals surface area contributed by atoms with E-state index in [9.17, 15) is 24.0 Å². The van der Waals surface area contributed by atoms with Crippen molar-refractivity contribution < 1.29 is 24.0 Å². The van der Waals surface area contributed by atoms with E-state index in [4.69, 9.17) is 0 Å². The Hall–Kier alpha value is -1.65. The van der Waals surface area contributed by atoms with E-state index in [0.717, 1.165) is 0 Å². The molecule has 0 rings (SSSR count). The average Bonchev–Trinajstić information content (AvgIpc) is 2.57. The minimum atomic E-state index is -1.89. The summed E-state index contributed by atoms with van der Waals surface area (Å²) in [6.07, 6.45) is 1.18. The van der Waals surface area contributed by atoms with Crippen molar-refractivity contribution in [2.45, 2.75) is 75.2 Å². The normalized spacial score (nSPS) is 14.6. The van der Waals surface area contributed by atoms with E-state index in [1.807, 2.05) is 6.29 Å². The fraction of sp³-hybridized carbons (Fsp3) is 0.773. The summed E-state index contributed by atoms with van der Waals surface area (Å²) in [7, 11) is 0. The number of rotatable bonds is 12. The molecule has 0 bridgehead atoms. The summed E-state index contributed by atoms with van der Waals surface area (Å²) < 4.78 is 0. The van der Waals surface area contributed by atoms with Crippen LogP contribution in [0, 0.1) is 34.5 Å². The van der Waals surface area contributed by atoms with Crippen molar-refractivity contribution in [2.24, 2.45) is 34.5 Å². The molecule has 0 fully saturated rings. The van der Waals surface area contributed by atoms with Crippen molar-refractivity contribution in [3.8, 4) is 0 Å². The standard InChI is InChI=1S/C22H35O5/c1-13(2)17(24)10-21(9,12-23)22(19(26)15(5)6,20(27)16(7)8)11-18(25)14(3)4/h13-16H,10-11H2,1-9H3. The Bertz CT molecular complexity index is 578. The van der Waals surface area contributed by atoms with Crippen molar-refractivity contribution in [1.82, 2.24) is 0 Å². The van der Waals surface area contributed by atoms with E-state index in [1.165, 1.54) is 6.92 Å². The van der Waals surface area contributed by atoms with Gasteiger partial charge in [0.05, 0.1) is 5.41 Å². The summed E-state index contributed by atoms with van der Waals surface area (Å²) in [5.41, 5.74) is -3.58. The molecule has 0 spiro atoms. The van der Waals surface area contributed by atoms with Gasteiger partial charge in [-0.1, -0.05) is 62.3 Å². The van der Waals surface area contributed by atoms with Crippen LogP contribution in [0.25, 0.3) is 0 Å². The highest BCUT2D eigenvalue weighted by Crippen LogP contribution is 2.49. The highest BCUT2D eigenvalue weighted by atomic mass is 16.2. The van der Waals surface area contributed by atoms with Crippen LogP contribution in [0.4, 0.5) is 0 Å². The molecule has 0 saturated heterocycles. The van der Waals surface area contributed by atoms with Gasteiger partial charge in [-0.25, -0.2) is 0 Å². The zero-order valence-electron chi connectivity index (χ0n) is 18.3. The lowest BCUT2D eigenvalue weighted by Crippen LogP contribution is -2.57. The molecule has 0 heterocycles. The Kier molecular flexibility index (Phi) is 8.94. The largest absolute Gasteiger partial charge is 0.299 e. The minimum Gasteiger partial charge on any atom is -0.299 e. The predicted molar refractivity (Wildman–Crippen MR) is 105 cm³/mol. The molecule has 1 unspecified atom stereocenters. The summed E-state index contributed by atoms with van der Waals surface area (Å²) in [5.74, 6) is -3.38. The van der Waals surface area contributed by atoms with Crippen LogP contribution in [-0.2, 0) is 24.0 Å². The second-order valence-corrected chi connectivity index (χ2v) is 8.97. The van der Waals surface area contributed by atoms with E-state index in [-0.39, 0.29) is 30.3 Å². The van der Waals surface area contributed by atoms with Gasteiger partial charge in [0.2, 0.25) is 6.29 Å². The maximum Gasteiger partial charge on any atom is 0.206 e. The highest BCUT2D eigenvalue weighted by Gasteiger charge is 2.61. The minimum absolute atomic E-state index is 0.240. The molecule has 5 nitrogen and oxygen atoms in total. The number of carbonyl (C=O) groups is 4. The van der Waals surface area contributed by atoms with Crippen LogP contribution < -0.4 is 0 Å². The number of carbonyl (C=O) groups excluding carboxylic acids is 5. The Morgan fingerprint density at radius 3 is 1.26 bits per heavy atom. The van der Waals surface area contributed by atoms with Crippen LogP contribution in [0.1, 0.15) is 75.2 Å². The highest BCUT2D eigenvalue weighted by molar-refractivity contribution is 6.14. The van der Waals surface area contributed by atoms with Gasteiger partial charge >= 0.3 is 0 Å². The van der Waals surface area contributed by atoms with Crippen molar-refractivity contribution >= 4 is 29.4 Å². The van der Waals surface area contributed by atoms with Gasteiger partial charge in [-0.2, -0.15) is 0 Å². The van der Waals surface area contributed by atoms with Crippen LogP contribution in [-0.4, -0.2) is 29.4 Å². The van der Waals surface area contributed by atoms with Gasteiger partial charge in [0.15, 0.2) is 0 Å². The molecule has 1 atom stereocenters. The molecule has 0 aliphatic rings. The van der Waals surface area contributed by atoms with E-state index in [0.29, 0.717) is 0 Å². The Morgan fingerprint density at radius 2 is 1.00 bits per heavy atom. The van der Waals surface area contributed by atoms with Crippen LogP contribution in [0.2, 0.25) is 0 Å². The molecule has 153 valence electrons. The first-order valence-electron chi connectivity index (χ1n) is 9.71. The van der Waals surface area contributed by atoms with Crippen LogP contribution in [0.5, 0.6) is 0 Å². The fourth-order valence-electron chi connectivity index (χ4n) is 3.31. The SMILES string of the molecule is CC(C)C(=O)CC(C)([C]=O)C(CC(=O)C(C)C)(C(=O)C(C)C)C(=O)C(C)C. The summed E-state index contributed by atoms with van der Waals surface area (Å²) in [6.45, 7) is 14.8. The van der Waals surface area contributed by atoms with Crippen molar-refractivity contribution in [3.63, 3.8) is 0 Å². The van der Waals surface area contributed by atoms with Crippen LogP contribution in [0.15, 0.2) is 0 Å². The van der Waals surface area contributed by atoms with Gasteiger partial charge in [-0.15, -0.1) is 0 Å². The fourth-order valence-corrected chi connectivity index (χ4v) is 3.31. The van der Waals surface area contributed by atoms with Gasteiger partial charge in [0.25, 0.3) is 0 Å². The Labute approximate surface area is 163 Å². The monoisotopic (exact) mass is 379 g/mol. The zero-order valence-corrected chi connectivity index (χ0v) is 18.3. The molecule has 1 radical (unpaired) electrons. The zero-order chi connectivity index (χ0) is 21.7. The third kappa shape index (κ3) is 5.20. The van der Waals surface area contributed by atoms with E-state index in [1.54, 1.807) is 55.4 Å². The first-order valence-corrected chi connectivity index (χ1v) is 9.71. The van der Waals surface area contributed by atoms with Gasteiger partial charge in [0, 0.05) is 36.5 Å². The summed E-state index contributed by atoms with van der Waals surface area (Å²) >= 11 is 0. The molecule has 5 heteroatoms. The Morgan fingerprint density at radius 1 is 0.667 bits per heavy atom. The molecule has 0 aliphatic heterocycles.